The first-order valence-corrected chi connectivity index (χ1v) is 8.24. The minimum atomic E-state index is -0.381. The van der Waals surface area contributed by atoms with Gasteiger partial charge in [0.2, 0.25) is 0 Å². The van der Waals surface area contributed by atoms with Crippen molar-refractivity contribution in [2.24, 2.45) is 0 Å². The third kappa shape index (κ3) is 2.57. The molecule has 1 amide bonds. The van der Waals surface area contributed by atoms with E-state index in [0.29, 0.717) is 17.6 Å². The lowest BCUT2D eigenvalue weighted by Crippen LogP contribution is -2.47. The maximum absolute atomic E-state index is 12.9. The van der Waals surface area contributed by atoms with Gasteiger partial charge in [0, 0.05) is 24.2 Å². The number of carbonyl (C=O) groups is 1. The van der Waals surface area contributed by atoms with Gasteiger partial charge in [-0.3, -0.25) is 4.79 Å². The van der Waals surface area contributed by atoms with Crippen molar-refractivity contribution in [1.29, 1.82) is 0 Å². The SMILES string of the molecule is C[C@@H](C(=O)N1CCN(C2CC2)c2cc(Cl)ccc21)n1cncn1. The van der Waals surface area contributed by atoms with Crippen LogP contribution in [0, 0.1) is 0 Å². The van der Waals surface area contributed by atoms with Crippen molar-refractivity contribution in [1.82, 2.24) is 14.8 Å². The van der Waals surface area contributed by atoms with Crippen LogP contribution in [0.3, 0.4) is 0 Å². The second-order valence-corrected chi connectivity index (χ2v) is 6.54. The standard InChI is InChI=1S/C16H18ClN5O/c1-11(22-10-18-9-19-22)16(23)21-7-6-20(13-3-4-13)15-8-12(17)2-5-14(15)21/h2,5,8-11,13H,3-4,6-7H2,1H3/t11-/m0/s1. The summed E-state index contributed by atoms with van der Waals surface area (Å²) in [7, 11) is 0. The van der Waals surface area contributed by atoms with E-state index >= 15 is 0 Å². The summed E-state index contributed by atoms with van der Waals surface area (Å²) in [4.78, 5) is 21.1. The van der Waals surface area contributed by atoms with Crippen LogP contribution in [0.4, 0.5) is 11.4 Å². The van der Waals surface area contributed by atoms with E-state index in [9.17, 15) is 4.79 Å². The number of halogens is 1. The maximum atomic E-state index is 12.9. The molecule has 2 aliphatic rings. The van der Waals surface area contributed by atoms with Crippen molar-refractivity contribution in [3.63, 3.8) is 0 Å². The monoisotopic (exact) mass is 331 g/mol. The van der Waals surface area contributed by atoms with Gasteiger partial charge in [-0.15, -0.1) is 0 Å². The van der Waals surface area contributed by atoms with Gasteiger partial charge >= 0.3 is 0 Å². The minimum Gasteiger partial charge on any atom is -0.365 e. The molecule has 120 valence electrons. The third-order valence-electron chi connectivity index (χ3n) is 4.55. The van der Waals surface area contributed by atoms with Crippen molar-refractivity contribution >= 4 is 28.9 Å². The Morgan fingerprint density at radius 2 is 2.13 bits per heavy atom. The van der Waals surface area contributed by atoms with Gasteiger partial charge in [0.1, 0.15) is 18.7 Å². The van der Waals surface area contributed by atoms with Crippen LogP contribution in [0.1, 0.15) is 25.8 Å². The third-order valence-corrected chi connectivity index (χ3v) is 4.78. The number of hydrogen-bond donors (Lipinski definition) is 0. The molecular weight excluding hydrogens is 314 g/mol. The van der Waals surface area contributed by atoms with Crippen molar-refractivity contribution in [2.75, 3.05) is 22.9 Å². The van der Waals surface area contributed by atoms with Crippen LogP contribution in [0.2, 0.25) is 5.02 Å². The number of carbonyl (C=O) groups excluding carboxylic acids is 1. The molecule has 0 spiro atoms. The fourth-order valence-electron chi connectivity index (χ4n) is 3.15. The molecule has 6 nitrogen and oxygen atoms in total. The summed E-state index contributed by atoms with van der Waals surface area (Å²) in [6, 6.07) is 5.97. The fraction of sp³-hybridized carbons (Fsp3) is 0.438. The van der Waals surface area contributed by atoms with Gasteiger partial charge < -0.3 is 9.80 Å². The second kappa shape index (κ2) is 5.53. The Balaban J connectivity index is 1.67. The maximum Gasteiger partial charge on any atom is 0.251 e. The van der Waals surface area contributed by atoms with E-state index < -0.39 is 0 Å². The normalized spacial score (nSPS) is 18.7. The van der Waals surface area contributed by atoms with Gasteiger partial charge in [0.05, 0.1) is 11.4 Å². The molecule has 0 bridgehead atoms. The molecule has 2 heterocycles. The molecule has 1 atom stereocenters. The molecule has 1 aromatic carbocycles. The number of amides is 1. The Hall–Kier alpha value is -2.08. The highest BCUT2D eigenvalue weighted by atomic mass is 35.5. The second-order valence-electron chi connectivity index (χ2n) is 6.10. The summed E-state index contributed by atoms with van der Waals surface area (Å²) in [6.45, 7) is 3.37. The molecule has 1 aliphatic heterocycles. The Morgan fingerprint density at radius 3 is 2.83 bits per heavy atom. The Labute approximate surface area is 139 Å². The van der Waals surface area contributed by atoms with Gasteiger partial charge in [0.25, 0.3) is 5.91 Å². The summed E-state index contributed by atoms with van der Waals surface area (Å²) < 4.78 is 1.59. The van der Waals surface area contributed by atoms with E-state index in [1.165, 1.54) is 19.2 Å². The summed E-state index contributed by atoms with van der Waals surface area (Å²) in [5, 5.41) is 4.78. The molecule has 0 radical (unpaired) electrons. The van der Waals surface area contributed by atoms with E-state index in [0.717, 1.165) is 17.9 Å². The topological polar surface area (TPSA) is 54.3 Å². The molecule has 1 fully saturated rings. The van der Waals surface area contributed by atoms with Crippen LogP contribution in [-0.2, 0) is 4.79 Å². The summed E-state index contributed by atoms with van der Waals surface area (Å²) in [6.07, 6.45) is 5.46. The average Bonchev–Trinajstić information content (AvgIpc) is 3.25. The highest BCUT2D eigenvalue weighted by Gasteiger charge is 2.36. The van der Waals surface area contributed by atoms with Crippen LogP contribution in [0.25, 0.3) is 0 Å². The molecule has 1 aromatic heterocycles. The average molecular weight is 332 g/mol. The number of aromatic nitrogens is 3. The highest BCUT2D eigenvalue weighted by molar-refractivity contribution is 6.31. The number of hydrogen-bond acceptors (Lipinski definition) is 4. The minimum absolute atomic E-state index is 0.0227. The number of benzene rings is 1. The zero-order valence-corrected chi connectivity index (χ0v) is 13.6. The largest absolute Gasteiger partial charge is 0.365 e. The lowest BCUT2D eigenvalue weighted by molar-refractivity contribution is -0.121. The zero-order valence-electron chi connectivity index (χ0n) is 12.9. The van der Waals surface area contributed by atoms with Crippen LogP contribution in [0.5, 0.6) is 0 Å². The molecule has 0 unspecified atom stereocenters. The van der Waals surface area contributed by atoms with Crippen LogP contribution < -0.4 is 9.80 Å². The highest BCUT2D eigenvalue weighted by Crippen LogP contribution is 2.41. The number of rotatable bonds is 3. The lowest BCUT2D eigenvalue weighted by atomic mass is 10.1. The Morgan fingerprint density at radius 1 is 1.30 bits per heavy atom. The van der Waals surface area contributed by atoms with E-state index in [1.54, 1.807) is 11.0 Å². The van der Waals surface area contributed by atoms with Gasteiger partial charge in [-0.25, -0.2) is 9.67 Å². The van der Waals surface area contributed by atoms with Crippen molar-refractivity contribution in [3.8, 4) is 0 Å². The van der Waals surface area contributed by atoms with E-state index in [4.69, 9.17) is 11.6 Å². The Kier molecular flexibility index (Phi) is 3.49. The predicted octanol–water partition coefficient (Wildman–Crippen LogP) is 2.51. The molecule has 4 rings (SSSR count). The number of anilines is 2. The molecule has 23 heavy (non-hydrogen) atoms. The fourth-order valence-corrected chi connectivity index (χ4v) is 3.32. The zero-order chi connectivity index (χ0) is 16.0. The lowest BCUT2D eigenvalue weighted by Gasteiger charge is -2.39. The van der Waals surface area contributed by atoms with E-state index in [2.05, 4.69) is 15.0 Å². The van der Waals surface area contributed by atoms with E-state index in [1.807, 2.05) is 30.0 Å². The van der Waals surface area contributed by atoms with Crippen molar-refractivity contribution in [2.45, 2.75) is 31.8 Å². The predicted molar refractivity (Wildman–Crippen MR) is 88.9 cm³/mol. The number of fused-ring (bicyclic) bond motifs is 1. The Bertz CT molecular complexity index is 728. The summed E-state index contributed by atoms with van der Waals surface area (Å²) in [5.41, 5.74) is 2.00. The summed E-state index contributed by atoms with van der Waals surface area (Å²) >= 11 is 6.19. The molecule has 0 saturated heterocycles. The van der Waals surface area contributed by atoms with Crippen LogP contribution in [0.15, 0.2) is 30.9 Å². The molecule has 0 N–H and O–H groups in total. The smallest absolute Gasteiger partial charge is 0.251 e. The number of nitrogens with zero attached hydrogens (tertiary/aromatic N) is 5. The molecule has 1 saturated carbocycles. The van der Waals surface area contributed by atoms with Gasteiger partial charge in [-0.05, 0) is 38.0 Å². The molecule has 7 heteroatoms. The first kappa shape index (κ1) is 14.5. The van der Waals surface area contributed by atoms with Crippen molar-refractivity contribution < 1.29 is 4.79 Å². The molecule has 2 aromatic rings. The quantitative estimate of drug-likeness (QED) is 0.867. The summed E-state index contributed by atoms with van der Waals surface area (Å²) in [5.74, 6) is 0.0227. The van der Waals surface area contributed by atoms with Crippen molar-refractivity contribution in [3.05, 3.63) is 35.9 Å². The molecule has 1 aliphatic carbocycles. The van der Waals surface area contributed by atoms with Gasteiger partial charge in [-0.2, -0.15) is 5.10 Å². The van der Waals surface area contributed by atoms with Crippen LogP contribution >= 0.6 is 11.6 Å². The van der Waals surface area contributed by atoms with E-state index in [-0.39, 0.29) is 11.9 Å². The first-order chi connectivity index (χ1) is 11.1. The van der Waals surface area contributed by atoms with Gasteiger partial charge in [0.15, 0.2) is 0 Å². The van der Waals surface area contributed by atoms with Gasteiger partial charge in [-0.1, -0.05) is 11.6 Å². The van der Waals surface area contributed by atoms with Crippen LogP contribution in [-0.4, -0.2) is 39.8 Å². The molecular formula is C16H18ClN5O. The first-order valence-electron chi connectivity index (χ1n) is 7.87.